The summed E-state index contributed by atoms with van der Waals surface area (Å²) in [4.78, 5) is 9.20. The van der Waals surface area contributed by atoms with E-state index in [1.807, 2.05) is 31.2 Å². The maximum absolute atomic E-state index is 4.66. The van der Waals surface area contributed by atoms with Crippen molar-refractivity contribution >= 4 is 15.9 Å². The first-order valence-corrected chi connectivity index (χ1v) is 7.34. The third-order valence-corrected chi connectivity index (χ3v) is 3.86. The van der Waals surface area contributed by atoms with Gasteiger partial charge in [0.15, 0.2) is 5.82 Å². The van der Waals surface area contributed by atoms with E-state index in [2.05, 4.69) is 37.3 Å². The molecule has 0 radical (unpaired) electrons. The number of aryl methyl sites for hydroxylation is 1. The second kappa shape index (κ2) is 5.39. The van der Waals surface area contributed by atoms with Gasteiger partial charge in [-0.2, -0.15) is 0 Å². The Kier molecular flexibility index (Phi) is 3.62. The predicted molar refractivity (Wildman–Crippen MR) is 79.8 cm³/mol. The van der Waals surface area contributed by atoms with Gasteiger partial charge in [-0.1, -0.05) is 34.1 Å². The second-order valence-electron chi connectivity index (χ2n) is 4.96. The van der Waals surface area contributed by atoms with Gasteiger partial charge in [0.25, 0.3) is 0 Å². The molecule has 1 aromatic carbocycles. The topological polar surface area (TPSA) is 37.8 Å². The highest BCUT2D eigenvalue weighted by atomic mass is 79.9. The van der Waals surface area contributed by atoms with E-state index >= 15 is 0 Å². The van der Waals surface area contributed by atoms with Crippen molar-refractivity contribution in [2.45, 2.75) is 32.4 Å². The van der Waals surface area contributed by atoms with Gasteiger partial charge in [-0.3, -0.25) is 0 Å². The van der Waals surface area contributed by atoms with E-state index in [0.717, 1.165) is 33.8 Å². The smallest absolute Gasteiger partial charge is 0.160 e. The highest BCUT2D eigenvalue weighted by Crippen LogP contribution is 2.25. The van der Waals surface area contributed by atoms with Gasteiger partial charge in [-0.25, -0.2) is 9.97 Å². The fourth-order valence-electron chi connectivity index (χ4n) is 2.02. The lowest BCUT2D eigenvalue weighted by Crippen LogP contribution is -2.16. The standard InChI is InChI=1S/C15H16BrN3/c1-10-8-12(9-17-11-6-7-11)19-15(18-10)13-4-2-3-5-14(13)16/h2-5,8,11,17H,6-7,9H2,1H3. The van der Waals surface area contributed by atoms with Crippen LogP contribution in [-0.2, 0) is 6.54 Å². The van der Waals surface area contributed by atoms with E-state index in [-0.39, 0.29) is 0 Å². The Morgan fingerprint density at radius 2 is 2.05 bits per heavy atom. The molecule has 2 aromatic rings. The first-order valence-electron chi connectivity index (χ1n) is 6.55. The van der Waals surface area contributed by atoms with Gasteiger partial charge in [0.2, 0.25) is 0 Å². The van der Waals surface area contributed by atoms with E-state index in [0.29, 0.717) is 6.04 Å². The van der Waals surface area contributed by atoms with Crippen molar-refractivity contribution in [1.82, 2.24) is 15.3 Å². The van der Waals surface area contributed by atoms with E-state index in [1.54, 1.807) is 0 Å². The Labute approximate surface area is 121 Å². The van der Waals surface area contributed by atoms with E-state index in [9.17, 15) is 0 Å². The quantitative estimate of drug-likeness (QED) is 0.938. The average Bonchev–Trinajstić information content (AvgIpc) is 3.20. The average molecular weight is 318 g/mol. The molecule has 4 heteroatoms. The summed E-state index contributed by atoms with van der Waals surface area (Å²) in [5.41, 5.74) is 3.11. The number of hydrogen-bond donors (Lipinski definition) is 1. The van der Waals surface area contributed by atoms with E-state index < -0.39 is 0 Å². The van der Waals surface area contributed by atoms with E-state index in [1.165, 1.54) is 12.8 Å². The van der Waals surface area contributed by atoms with Crippen molar-refractivity contribution in [2.75, 3.05) is 0 Å². The molecule has 0 bridgehead atoms. The molecule has 0 aliphatic heterocycles. The van der Waals surface area contributed by atoms with Gasteiger partial charge >= 0.3 is 0 Å². The molecule has 1 fully saturated rings. The molecule has 1 saturated carbocycles. The summed E-state index contributed by atoms with van der Waals surface area (Å²) >= 11 is 3.56. The Morgan fingerprint density at radius 1 is 1.26 bits per heavy atom. The van der Waals surface area contributed by atoms with Crippen LogP contribution in [-0.4, -0.2) is 16.0 Å². The SMILES string of the molecule is Cc1cc(CNC2CC2)nc(-c2ccccc2Br)n1. The van der Waals surface area contributed by atoms with Crippen LogP contribution >= 0.6 is 15.9 Å². The maximum Gasteiger partial charge on any atom is 0.160 e. The summed E-state index contributed by atoms with van der Waals surface area (Å²) < 4.78 is 1.03. The Hall–Kier alpha value is -1.26. The van der Waals surface area contributed by atoms with Gasteiger partial charge < -0.3 is 5.32 Å². The molecule has 1 N–H and O–H groups in total. The van der Waals surface area contributed by atoms with Crippen molar-refractivity contribution in [3.8, 4) is 11.4 Å². The van der Waals surface area contributed by atoms with Crippen molar-refractivity contribution in [3.63, 3.8) is 0 Å². The summed E-state index contributed by atoms with van der Waals surface area (Å²) in [7, 11) is 0. The molecular formula is C15H16BrN3. The molecule has 1 aromatic heterocycles. The van der Waals surface area contributed by atoms with Gasteiger partial charge in [0, 0.05) is 28.3 Å². The third kappa shape index (κ3) is 3.19. The third-order valence-electron chi connectivity index (χ3n) is 3.17. The summed E-state index contributed by atoms with van der Waals surface area (Å²) in [6.07, 6.45) is 2.59. The van der Waals surface area contributed by atoms with Crippen LogP contribution in [0.25, 0.3) is 11.4 Å². The first kappa shape index (κ1) is 12.8. The van der Waals surface area contributed by atoms with E-state index in [4.69, 9.17) is 0 Å². The predicted octanol–water partition coefficient (Wildman–Crippen LogP) is 3.47. The molecule has 19 heavy (non-hydrogen) atoms. The van der Waals surface area contributed by atoms with Crippen molar-refractivity contribution in [1.29, 1.82) is 0 Å². The summed E-state index contributed by atoms with van der Waals surface area (Å²) in [5.74, 6) is 0.792. The number of nitrogens with zero attached hydrogens (tertiary/aromatic N) is 2. The molecule has 0 amide bonds. The highest BCUT2D eigenvalue weighted by Gasteiger charge is 2.20. The minimum Gasteiger partial charge on any atom is -0.308 e. The fraction of sp³-hybridized carbons (Fsp3) is 0.333. The number of halogens is 1. The van der Waals surface area contributed by atoms with Gasteiger partial charge in [0.05, 0.1) is 5.69 Å². The van der Waals surface area contributed by atoms with Gasteiger partial charge in [-0.05, 0) is 31.9 Å². The molecule has 1 aliphatic carbocycles. The Morgan fingerprint density at radius 3 is 2.79 bits per heavy atom. The molecule has 0 saturated heterocycles. The molecule has 1 heterocycles. The lowest BCUT2D eigenvalue weighted by molar-refractivity contribution is 0.672. The maximum atomic E-state index is 4.66. The summed E-state index contributed by atoms with van der Waals surface area (Å²) in [6, 6.07) is 10.8. The molecule has 0 spiro atoms. The minimum atomic E-state index is 0.696. The van der Waals surface area contributed by atoms with Crippen LogP contribution in [0.4, 0.5) is 0 Å². The second-order valence-corrected chi connectivity index (χ2v) is 5.81. The monoisotopic (exact) mass is 317 g/mol. The first-order chi connectivity index (χ1) is 9.22. The molecule has 3 rings (SSSR count). The van der Waals surface area contributed by atoms with Crippen LogP contribution < -0.4 is 5.32 Å². The molecule has 1 aliphatic rings. The van der Waals surface area contributed by atoms with Crippen LogP contribution in [0.15, 0.2) is 34.8 Å². The lowest BCUT2D eigenvalue weighted by Gasteiger charge is -2.08. The van der Waals surface area contributed by atoms with Crippen molar-refractivity contribution < 1.29 is 0 Å². The summed E-state index contributed by atoms with van der Waals surface area (Å²) in [5, 5.41) is 3.49. The zero-order valence-corrected chi connectivity index (χ0v) is 12.4. The van der Waals surface area contributed by atoms with Crippen LogP contribution in [0.2, 0.25) is 0 Å². The number of aromatic nitrogens is 2. The number of rotatable bonds is 4. The molecular weight excluding hydrogens is 302 g/mol. The summed E-state index contributed by atoms with van der Waals surface area (Å²) in [6.45, 7) is 2.84. The molecule has 0 atom stereocenters. The lowest BCUT2D eigenvalue weighted by atomic mass is 10.2. The minimum absolute atomic E-state index is 0.696. The van der Waals surface area contributed by atoms with Crippen LogP contribution in [0, 0.1) is 6.92 Å². The molecule has 3 nitrogen and oxygen atoms in total. The van der Waals surface area contributed by atoms with Crippen LogP contribution in [0.5, 0.6) is 0 Å². The molecule has 0 unspecified atom stereocenters. The number of benzene rings is 1. The van der Waals surface area contributed by atoms with Gasteiger partial charge in [-0.15, -0.1) is 0 Å². The fourth-order valence-corrected chi connectivity index (χ4v) is 2.49. The highest BCUT2D eigenvalue weighted by molar-refractivity contribution is 9.10. The van der Waals surface area contributed by atoms with Crippen LogP contribution in [0.3, 0.4) is 0 Å². The van der Waals surface area contributed by atoms with Crippen LogP contribution in [0.1, 0.15) is 24.2 Å². The van der Waals surface area contributed by atoms with Crippen molar-refractivity contribution in [2.24, 2.45) is 0 Å². The number of nitrogens with one attached hydrogen (secondary N) is 1. The number of hydrogen-bond acceptors (Lipinski definition) is 3. The normalized spacial score (nSPS) is 14.6. The molecule has 98 valence electrons. The van der Waals surface area contributed by atoms with Gasteiger partial charge in [0.1, 0.15) is 0 Å². The Bertz CT molecular complexity index is 594. The Balaban J connectivity index is 1.90. The zero-order valence-electron chi connectivity index (χ0n) is 10.9. The van der Waals surface area contributed by atoms with Crippen molar-refractivity contribution in [3.05, 3.63) is 46.2 Å². The zero-order chi connectivity index (χ0) is 13.2. The largest absolute Gasteiger partial charge is 0.308 e.